The lowest BCUT2D eigenvalue weighted by Gasteiger charge is -2.10. The van der Waals surface area contributed by atoms with E-state index in [1.807, 2.05) is 0 Å². The van der Waals surface area contributed by atoms with Crippen molar-refractivity contribution in [2.45, 2.75) is 6.43 Å². The van der Waals surface area contributed by atoms with Crippen molar-refractivity contribution in [1.29, 1.82) is 0 Å². The van der Waals surface area contributed by atoms with Gasteiger partial charge in [0.25, 0.3) is 6.43 Å². The number of nitrogens with two attached hydrogens (primary N) is 1. The summed E-state index contributed by atoms with van der Waals surface area (Å²) in [6.45, 7) is -0.400. The Morgan fingerprint density at radius 3 is 2.56 bits per heavy atom. The number of carbonyl (C=O) groups excluding carboxylic acids is 1. The van der Waals surface area contributed by atoms with E-state index in [4.69, 9.17) is 5.73 Å². The van der Waals surface area contributed by atoms with E-state index in [1.165, 1.54) is 0 Å². The highest BCUT2D eigenvalue weighted by atomic mass is 19.3. The molecule has 0 aliphatic carbocycles. The molecule has 16 heavy (non-hydrogen) atoms. The van der Waals surface area contributed by atoms with Crippen LogP contribution in [-0.2, 0) is 0 Å². The average molecular weight is 233 g/mol. The van der Waals surface area contributed by atoms with E-state index in [1.54, 1.807) is 0 Å². The molecule has 0 saturated heterocycles. The predicted molar refractivity (Wildman–Crippen MR) is 51.3 cm³/mol. The molecule has 0 bridgehead atoms. The Kier molecular flexibility index (Phi) is 3.89. The Labute approximate surface area is 90.0 Å². The Bertz CT molecular complexity index is 407. The van der Waals surface area contributed by atoms with Gasteiger partial charge in [-0.2, -0.15) is 0 Å². The van der Waals surface area contributed by atoms with Crippen LogP contribution < -0.4 is 10.5 Å². The molecule has 1 aromatic carbocycles. The molecule has 1 rings (SSSR count). The molecule has 0 fully saturated rings. The van der Waals surface area contributed by atoms with Crippen LogP contribution in [0.15, 0.2) is 12.1 Å². The van der Waals surface area contributed by atoms with Gasteiger partial charge >= 0.3 is 0 Å². The summed E-state index contributed by atoms with van der Waals surface area (Å²) in [7, 11) is 1.15. The van der Waals surface area contributed by atoms with E-state index in [2.05, 4.69) is 4.74 Å². The third-order valence-corrected chi connectivity index (χ3v) is 2.01. The van der Waals surface area contributed by atoms with Crippen LogP contribution in [0.2, 0.25) is 0 Å². The maximum Gasteiger partial charge on any atom is 0.263 e. The summed E-state index contributed by atoms with van der Waals surface area (Å²) in [4.78, 5) is 11.3. The van der Waals surface area contributed by atoms with Crippen molar-refractivity contribution in [3.63, 3.8) is 0 Å². The molecule has 0 aliphatic heterocycles. The lowest BCUT2D eigenvalue weighted by Crippen LogP contribution is -2.15. The summed E-state index contributed by atoms with van der Waals surface area (Å²) in [5.74, 6) is -2.02. The highest BCUT2D eigenvalue weighted by molar-refractivity contribution is 6.00. The van der Waals surface area contributed by atoms with Crippen LogP contribution in [-0.4, -0.2) is 19.4 Å². The van der Waals surface area contributed by atoms with Gasteiger partial charge in [0.15, 0.2) is 17.3 Å². The molecule has 0 amide bonds. The molecule has 0 spiro atoms. The Hall–Kier alpha value is -1.56. The van der Waals surface area contributed by atoms with Gasteiger partial charge < -0.3 is 10.5 Å². The van der Waals surface area contributed by atoms with Crippen molar-refractivity contribution >= 4 is 5.78 Å². The molecule has 0 heterocycles. The highest BCUT2D eigenvalue weighted by Gasteiger charge is 2.20. The monoisotopic (exact) mass is 233 g/mol. The van der Waals surface area contributed by atoms with Crippen LogP contribution in [0.3, 0.4) is 0 Å². The first-order valence-electron chi connectivity index (χ1n) is 4.40. The van der Waals surface area contributed by atoms with Crippen molar-refractivity contribution in [2.24, 2.45) is 5.73 Å². The van der Waals surface area contributed by atoms with Gasteiger partial charge in [0.05, 0.1) is 19.2 Å². The van der Waals surface area contributed by atoms with E-state index in [9.17, 15) is 18.0 Å². The molecule has 6 heteroatoms. The third kappa shape index (κ3) is 2.33. The van der Waals surface area contributed by atoms with Crippen molar-refractivity contribution in [1.82, 2.24) is 0 Å². The minimum Gasteiger partial charge on any atom is -0.493 e. The van der Waals surface area contributed by atoms with E-state index in [0.29, 0.717) is 6.07 Å². The first-order valence-corrected chi connectivity index (χ1v) is 4.40. The van der Waals surface area contributed by atoms with E-state index in [-0.39, 0.29) is 11.3 Å². The van der Waals surface area contributed by atoms with Gasteiger partial charge in [-0.3, -0.25) is 4.79 Å². The second-order valence-corrected chi connectivity index (χ2v) is 3.01. The topological polar surface area (TPSA) is 52.3 Å². The SMILES string of the molecule is COc1c(F)cc(C(F)F)cc1C(=O)CN. The molecule has 2 N–H and O–H groups in total. The number of benzene rings is 1. The zero-order valence-electron chi connectivity index (χ0n) is 8.47. The van der Waals surface area contributed by atoms with Gasteiger partial charge in [-0.15, -0.1) is 0 Å². The predicted octanol–water partition coefficient (Wildman–Crippen LogP) is 1.91. The maximum absolute atomic E-state index is 13.3. The minimum absolute atomic E-state index is 0.264. The normalized spacial score (nSPS) is 10.6. The van der Waals surface area contributed by atoms with E-state index >= 15 is 0 Å². The summed E-state index contributed by atoms with van der Waals surface area (Å²) in [5, 5.41) is 0. The minimum atomic E-state index is -2.86. The van der Waals surface area contributed by atoms with Crippen LogP contribution in [0.25, 0.3) is 0 Å². The second-order valence-electron chi connectivity index (χ2n) is 3.01. The van der Waals surface area contributed by atoms with Gasteiger partial charge in [0.2, 0.25) is 0 Å². The average Bonchev–Trinajstić information content (AvgIpc) is 2.26. The molecular formula is C10H10F3NO2. The van der Waals surface area contributed by atoms with Crippen LogP contribution in [0.1, 0.15) is 22.3 Å². The number of hydrogen-bond donors (Lipinski definition) is 1. The zero-order valence-corrected chi connectivity index (χ0v) is 8.47. The Balaban J connectivity index is 3.36. The summed E-state index contributed by atoms with van der Waals surface area (Å²) >= 11 is 0. The Morgan fingerprint density at radius 2 is 2.12 bits per heavy atom. The molecular weight excluding hydrogens is 223 g/mol. The first-order chi connectivity index (χ1) is 7.51. The van der Waals surface area contributed by atoms with E-state index in [0.717, 1.165) is 13.2 Å². The van der Waals surface area contributed by atoms with E-state index < -0.39 is 30.1 Å². The number of methoxy groups -OCH3 is 1. The largest absolute Gasteiger partial charge is 0.493 e. The smallest absolute Gasteiger partial charge is 0.263 e. The molecule has 0 saturated carbocycles. The van der Waals surface area contributed by atoms with Crippen LogP contribution >= 0.6 is 0 Å². The van der Waals surface area contributed by atoms with Gasteiger partial charge in [-0.1, -0.05) is 0 Å². The standard InChI is InChI=1S/C10H10F3NO2/c1-16-9-6(8(15)4-14)2-5(10(12)13)3-7(9)11/h2-3,10H,4,14H2,1H3. The molecule has 0 atom stereocenters. The van der Waals surface area contributed by atoms with Gasteiger partial charge in [-0.05, 0) is 12.1 Å². The maximum atomic E-state index is 13.3. The van der Waals surface area contributed by atoms with Crippen LogP contribution in [0.4, 0.5) is 13.2 Å². The summed E-state index contributed by atoms with van der Waals surface area (Å²) in [6.07, 6.45) is -2.86. The van der Waals surface area contributed by atoms with Crippen molar-refractivity contribution in [2.75, 3.05) is 13.7 Å². The zero-order chi connectivity index (χ0) is 12.3. The lowest BCUT2D eigenvalue weighted by atomic mass is 10.1. The molecule has 0 unspecified atom stereocenters. The number of alkyl halides is 2. The quantitative estimate of drug-likeness (QED) is 0.808. The number of ether oxygens (including phenoxy) is 1. The molecule has 1 aromatic rings. The molecule has 0 radical (unpaired) electrons. The molecule has 88 valence electrons. The fourth-order valence-corrected chi connectivity index (χ4v) is 1.26. The number of carbonyl (C=O) groups is 1. The van der Waals surface area contributed by atoms with Gasteiger partial charge in [-0.25, -0.2) is 13.2 Å². The molecule has 0 aromatic heterocycles. The third-order valence-electron chi connectivity index (χ3n) is 2.01. The number of hydrogen-bond acceptors (Lipinski definition) is 3. The first kappa shape index (κ1) is 12.5. The van der Waals surface area contributed by atoms with Crippen molar-refractivity contribution < 1.29 is 22.7 Å². The highest BCUT2D eigenvalue weighted by Crippen LogP contribution is 2.29. The summed E-state index contributed by atoms with van der Waals surface area (Å²) in [5.41, 5.74) is 4.25. The lowest BCUT2D eigenvalue weighted by molar-refractivity contribution is 0.0997. The van der Waals surface area contributed by atoms with Crippen LogP contribution in [0, 0.1) is 5.82 Å². The summed E-state index contributed by atoms with van der Waals surface area (Å²) < 4.78 is 42.7. The molecule has 0 aliphatic rings. The molecule has 3 nitrogen and oxygen atoms in total. The van der Waals surface area contributed by atoms with Gasteiger partial charge in [0, 0.05) is 5.56 Å². The number of Topliss-reactive ketones (excluding diaryl/α,β-unsaturated/α-hetero) is 1. The second kappa shape index (κ2) is 4.98. The fraction of sp³-hybridized carbons (Fsp3) is 0.300. The van der Waals surface area contributed by atoms with Crippen LogP contribution in [0.5, 0.6) is 5.75 Å². The van der Waals surface area contributed by atoms with Crippen molar-refractivity contribution in [3.05, 3.63) is 29.1 Å². The summed E-state index contributed by atoms with van der Waals surface area (Å²) in [6, 6.07) is 1.53. The fourth-order valence-electron chi connectivity index (χ4n) is 1.26. The van der Waals surface area contributed by atoms with Crippen molar-refractivity contribution in [3.8, 4) is 5.75 Å². The number of rotatable bonds is 4. The Morgan fingerprint density at radius 1 is 1.50 bits per heavy atom. The van der Waals surface area contributed by atoms with Gasteiger partial charge in [0.1, 0.15) is 0 Å². The number of halogens is 3. The number of ketones is 1.